The third-order valence-electron chi connectivity index (χ3n) is 5.28. The molecule has 2 aromatic heterocycles. The van der Waals surface area contributed by atoms with Gasteiger partial charge in [-0.15, -0.1) is 10.2 Å². The Balaban J connectivity index is 1.33. The van der Waals surface area contributed by atoms with Crippen molar-refractivity contribution in [2.75, 3.05) is 64.3 Å². The Morgan fingerprint density at radius 3 is 2.11 bits per heavy atom. The van der Waals surface area contributed by atoms with E-state index in [0.29, 0.717) is 37.6 Å². The molecule has 28 heavy (non-hydrogen) atoms. The molecule has 0 aliphatic carbocycles. The second-order valence-electron chi connectivity index (χ2n) is 7.13. The maximum Gasteiger partial charge on any atom is 0.289 e. The van der Waals surface area contributed by atoms with Gasteiger partial charge in [0.1, 0.15) is 0 Å². The summed E-state index contributed by atoms with van der Waals surface area (Å²) in [4.78, 5) is 32.9. The lowest BCUT2D eigenvalue weighted by molar-refractivity contribution is 0.0514. The minimum Gasteiger partial charge on any atom is -0.459 e. The number of amides is 2. The van der Waals surface area contributed by atoms with Crippen LogP contribution in [0.1, 0.15) is 21.0 Å². The minimum atomic E-state index is -0.150. The van der Waals surface area contributed by atoms with Crippen molar-refractivity contribution in [3.8, 4) is 0 Å². The van der Waals surface area contributed by atoms with Gasteiger partial charge in [-0.05, 0) is 31.3 Å². The number of nitrogens with zero attached hydrogens (tertiary/aromatic N) is 6. The molecule has 4 heterocycles. The fourth-order valence-electron chi connectivity index (χ4n) is 3.47. The van der Waals surface area contributed by atoms with Gasteiger partial charge in [0.2, 0.25) is 0 Å². The average Bonchev–Trinajstić information content (AvgIpc) is 3.28. The lowest BCUT2D eigenvalue weighted by Crippen LogP contribution is -2.50. The molecular formula is C19H24N6O3. The van der Waals surface area contributed by atoms with Crippen LogP contribution in [0, 0.1) is 0 Å². The van der Waals surface area contributed by atoms with Crippen molar-refractivity contribution in [3.05, 3.63) is 42.0 Å². The quantitative estimate of drug-likeness (QED) is 0.758. The molecular weight excluding hydrogens is 360 g/mol. The molecule has 9 nitrogen and oxygen atoms in total. The monoisotopic (exact) mass is 384 g/mol. The van der Waals surface area contributed by atoms with Crippen LogP contribution in [0.4, 0.5) is 5.82 Å². The lowest BCUT2D eigenvalue weighted by atomic mass is 10.2. The highest BCUT2D eigenvalue weighted by Gasteiger charge is 2.27. The van der Waals surface area contributed by atoms with E-state index < -0.39 is 0 Å². The molecule has 2 saturated heterocycles. The van der Waals surface area contributed by atoms with Gasteiger partial charge in [-0.3, -0.25) is 9.59 Å². The Hall–Kier alpha value is -2.94. The van der Waals surface area contributed by atoms with E-state index >= 15 is 0 Å². The largest absolute Gasteiger partial charge is 0.459 e. The average molecular weight is 384 g/mol. The molecule has 2 aromatic rings. The van der Waals surface area contributed by atoms with Gasteiger partial charge in [0.25, 0.3) is 11.8 Å². The van der Waals surface area contributed by atoms with Crippen molar-refractivity contribution in [1.82, 2.24) is 24.9 Å². The summed E-state index contributed by atoms with van der Waals surface area (Å²) in [5.41, 5.74) is 0.337. The van der Waals surface area contributed by atoms with Gasteiger partial charge in [-0.1, -0.05) is 0 Å². The summed E-state index contributed by atoms with van der Waals surface area (Å²) in [5.74, 6) is 0.833. The molecule has 0 saturated carbocycles. The van der Waals surface area contributed by atoms with Crippen molar-refractivity contribution in [3.63, 3.8) is 0 Å². The summed E-state index contributed by atoms with van der Waals surface area (Å²) in [6, 6.07) is 6.94. The van der Waals surface area contributed by atoms with Crippen LogP contribution < -0.4 is 4.90 Å². The van der Waals surface area contributed by atoms with Crippen LogP contribution in [0.15, 0.2) is 34.9 Å². The van der Waals surface area contributed by atoms with Crippen molar-refractivity contribution in [2.45, 2.75) is 0 Å². The molecule has 0 N–H and O–H groups in total. The predicted octanol–water partition coefficient (Wildman–Crippen LogP) is 0.420. The zero-order valence-corrected chi connectivity index (χ0v) is 16.0. The van der Waals surface area contributed by atoms with E-state index in [2.05, 4.69) is 27.0 Å². The van der Waals surface area contributed by atoms with Crippen LogP contribution in [-0.2, 0) is 0 Å². The zero-order valence-electron chi connectivity index (χ0n) is 16.0. The molecule has 0 radical (unpaired) electrons. The van der Waals surface area contributed by atoms with Gasteiger partial charge in [0.15, 0.2) is 17.3 Å². The highest BCUT2D eigenvalue weighted by molar-refractivity contribution is 5.93. The predicted molar refractivity (Wildman–Crippen MR) is 102 cm³/mol. The number of likely N-dealkylation sites (N-methyl/N-ethyl adjacent to an activating group) is 1. The molecule has 148 valence electrons. The number of piperazine rings is 2. The number of furan rings is 1. The van der Waals surface area contributed by atoms with E-state index in [4.69, 9.17) is 4.42 Å². The summed E-state index contributed by atoms with van der Waals surface area (Å²) in [5, 5.41) is 8.40. The van der Waals surface area contributed by atoms with Crippen LogP contribution in [0.25, 0.3) is 0 Å². The Kier molecular flexibility index (Phi) is 5.25. The molecule has 2 aliphatic heterocycles. The van der Waals surface area contributed by atoms with Crippen molar-refractivity contribution < 1.29 is 14.0 Å². The maximum absolute atomic E-state index is 12.7. The van der Waals surface area contributed by atoms with Crippen molar-refractivity contribution in [1.29, 1.82) is 0 Å². The highest BCUT2D eigenvalue weighted by Crippen LogP contribution is 2.14. The van der Waals surface area contributed by atoms with Crippen molar-refractivity contribution in [2.24, 2.45) is 0 Å². The van der Waals surface area contributed by atoms with Gasteiger partial charge in [-0.2, -0.15) is 0 Å². The van der Waals surface area contributed by atoms with Crippen molar-refractivity contribution >= 4 is 17.6 Å². The van der Waals surface area contributed by atoms with Gasteiger partial charge >= 0.3 is 0 Å². The molecule has 0 spiro atoms. The topological polar surface area (TPSA) is 86.0 Å². The maximum atomic E-state index is 12.7. The number of hydrogen-bond donors (Lipinski definition) is 0. The first-order valence-electron chi connectivity index (χ1n) is 9.51. The zero-order chi connectivity index (χ0) is 19.5. The number of hydrogen-bond acceptors (Lipinski definition) is 7. The molecule has 2 aliphatic rings. The molecule has 0 aromatic carbocycles. The number of anilines is 1. The van der Waals surface area contributed by atoms with Gasteiger partial charge in [0, 0.05) is 52.4 Å². The summed E-state index contributed by atoms with van der Waals surface area (Å²) in [7, 11) is 2.10. The van der Waals surface area contributed by atoms with Crippen LogP contribution in [0.3, 0.4) is 0 Å². The normalized spacial score (nSPS) is 18.4. The molecule has 0 unspecified atom stereocenters. The summed E-state index contributed by atoms with van der Waals surface area (Å²) in [6.07, 6.45) is 1.48. The number of aromatic nitrogens is 2. The Morgan fingerprint density at radius 1 is 0.857 bits per heavy atom. The second-order valence-corrected chi connectivity index (χ2v) is 7.13. The SMILES string of the molecule is CN1CCN(c2ccc(C(=O)N3CCN(C(=O)c4ccco4)CC3)nn2)CC1. The van der Waals surface area contributed by atoms with E-state index in [1.165, 1.54) is 6.26 Å². The minimum absolute atomic E-state index is 0.145. The second kappa shape index (κ2) is 7.97. The smallest absolute Gasteiger partial charge is 0.289 e. The third kappa shape index (κ3) is 3.84. The standard InChI is InChI=1S/C19H24N6O3/c1-22-6-8-23(9-7-22)17-5-4-15(20-21-17)18(26)24-10-12-25(13-11-24)19(27)16-3-2-14-28-16/h2-5,14H,6-13H2,1H3. The first-order chi connectivity index (χ1) is 13.6. The Labute approximate surface area is 163 Å². The van der Waals surface area contributed by atoms with Crippen LogP contribution in [0.5, 0.6) is 0 Å². The van der Waals surface area contributed by atoms with Crippen LogP contribution in [-0.4, -0.2) is 96.1 Å². The van der Waals surface area contributed by atoms with E-state index in [9.17, 15) is 9.59 Å². The third-order valence-corrected chi connectivity index (χ3v) is 5.28. The van der Waals surface area contributed by atoms with Crippen LogP contribution in [0.2, 0.25) is 0 Å². The summed E-state index contributed by atoms with van der Waals surface area (Å²) < 4.78 is 5.16. The first-order valence-corrected chi connectivity index (χ1v) is 9.51. The molecule has 9 heteroatoms. The van der Waals surface area contributed by atoms with E-state index in [0.717, 1.165) is 32.0 Å². The first kappa shape index (κ1) is 18.4. The highest BCUT2D eigenvalue weighted by atomic mass is 16.3. The fraction of sp³-hybridized carbons (Fsp3) is 0.474. The molecule has 2 fully saturated rings. The van der Waals surface area contributed by atoms with E-state index in [1.54, 1.807) is 28.0 Å². The van der Waals surface area contributed by atoms with E-state index in [-0.39, 0.29) is 11.8 Å². The van der Waals surface area contributed by atoms with Gasteiger partial charge in [0.05, 0.1) is 6.26 Å². The van der Waals surface area contributed by atoms with Gasteiger partial charge in [-0.25, -0.2) is 0 Å². The fourth-order valence-corrected chi connectivity index (χ4v) is 3.47. The summed E-state index contributed by atoms with van der Waals surface area (Å²) >= 11 is 0. The number of carbonyl (C=O) groups is 2. The lowest BCUT2D eigenvalue weighted by Gasteiger charge is -2.34. The van der Waals surface area contributed by atoms with Gasteiger partial charge < -0.3 is 24.0 Å². The molecule has 0 atom stereocenters. The number of carbonyl (C=O) groups excluding carboxylic acids is 2. The Morgan fingerprint density at radius 2 is 1.54 bits per heavy atom. The Bertz CT molecular complexity index is 807. The number of rotatable bonds is 3. The molecule has 4 rings (SSSR count). The summed E-state index contributed by atoms with van der Waals surface area (Å²) in [6.45, 7) is 5.66. The molecule has 2 amide bonds. The van der Waals surface area contributed by atoms with Crippen LogP contribution >= 0.6 is 0 Å². The van der Waals surface area contributed by atoms with E-state index in [1.807, 2.05) is 6.07 Å². The molecule has 0 bridgehead atoms.